The van der Waals surface area contributed by atoms with Crippen molar-refractivity contribution in [2.24, 2.45) is 0 Å². The third-order valence-electron chi connectivity index (χ3n) is 2.68. The van der Waals surface area contributed by atoms with E-state index in [1.807, 2.05) is 0 Å². The molecule has 0 bridgehead atoms. The summed E-state index contributed by atoms with van der Waals surface area (Å²) in [6.45, 7) is -0.731. The molecule has 0 aromatic heterocycles. The molecule has 1 aromatic rings. The van der Waals surface area contributed by atoms with E-state index in [2.05, 4.69) is 15.9 Å². The summed E-state index contributed by atoms with van der Waals surface area (Å²) in [4.78, 5) is 1.40. The zero-order valence-electron chi connectivity index (χ0n) is 9.07. The second kappa shape index (κ2) is 4.45. The van der Waals surface area contributed by atoms with Crippen LogP contribution in [0.3, 0.4) is 0 Å². The maximum atomic E-state index is 12.6. The van der Waals surface area contributed by atoms with Crippen molar-refractivity contribution in [3.05, 3.63) is 33.8 Å². The summed E-state index contributed by atoms with van der Waals surface area (Å²) in [5.41, 5.74) is -0.409. The molecule has 0 saturated carbocycles. The number of rotatable bonds is 2. The molecule has 0 radical (unpaired) electrons. The minimum atomic E-state index is -4.42. The first-order valence-electron chi connectivity index (χ1n) is 5.13. The summed E-state index contributed by atoms with van der Waals surface area (Å²) in [7, 11) is 0. The van der Waals surface area contributed by atoms with Gasteiger partial charge in [-0.05, 0) is 23.8 Å². The van der Waals surface area contributed by atoms with Gasteiger partial charge < -0.3 is 0 Å². The van der Waals surface area contributed by atoms with E-state index in [1.54, 1.807) is 0 Å². The Morgan fingerprint density at radius 2 is 1.83 bits per heavy atom. The van der Waals surface area contributed by atoms with E-state index < -0.39 is 30.8 Å². The fourth-order valence-electron chi connectivity index (χ4n) is 1.83. The molecule has 1 heterocycles. The number of nitrogens with zero attached hydrogens (tertiary/aromatic N) is 1. The van der Waals surface area contributed by atoms with Gasteiger partial charge in [-0.15, -0.1) is 0 Å². The molecule has 1 aromatic carbocycles. The second-order valence-electron chi connectivity index (χ2n) is 4.31. The third-order valence-corrected chi connectivity index (χ3v) is 3.45. The van der Waals surface area contributed by atoms with Crippen molar-refractivity contribution in [3.8, 4) is 0 Å². The van der Waals surface area contributed by atoms with Crippen LogP contribution in [-0.2, 0) is 12.7 Å². The SMILES string of the molecule is FC1(F)CN(Cc2cc(C(F)(F)F)ccc2Br)C1. The van der Waals surface area contributed by atoms with Gasteiger partial charge in [0.25, 0.3) is 5.92 Å². The molecule has 100 valence electrons. The highest BCUT2D eigenvalue weighted by molar-refractivity contribution is 9.10. The lowest BCUT2D eigenvalue weighted by Crippen LogP contribution is -2.55. The van der Waals surface area contributed by atoms with Crippen LogP contribution < -0.4 is 0 Å². The number of halogens is 6. The summed E-state index contributed by atoms with van der Waals surface area (Å²) >= 11 is 3.13. The van der Waals surface area contributed by atoms with Crippen molar-refractivity contribution in [2.75, 3.05) is 13.1 Å². The second-order valence-corrected chi connectivity index (χ2v) is 5.16. The highest BCUT2D eigenvalue weighted by atomic mass is 79.9. The van der Waals surface area contributed by atoms with E-state index in [9.17, 15) is 22.0 Å². The van der Waals surface area contributed by atoms with Gasteiger partial charge in [-0.3, -0.25) is 4.90 Å². The number of likely N-dealkylation sites (tertiary alicyclic amines) is 1. The summed E-state index contributed by atoms with van der Waals surface area (Å²) < 4.78 is 63.3. The Hall–Kier alpha value is -0.690. The van der Waals surface area contributed by atoms with Crippen LogP contribution in [0.25, 0.3) is 0 Å². The van der Waals surface area contributed by atoms with Crippen LogP contribution in [0.4, 0.5) is 22.0 Å². The predicted octanol–water partition coefficient (Wildman–Crippen LogP) is 3.92. The lowest BCUT2D eigenvalue weighted by Gasteiger charge is -2.38. The van der Waals surface area contributed by atoms with Gasteiger partial charge in [0, 0.05) is 11.0 Å². The average Bonchev–Trinajstić information content (AvgIpc) is 2.16. The Bertz CT molecular complexity index is 449. The van der Waals surface area contributed by atoms with E-state index in [4.69, 9.17) is 0 Å². The van der Waals surface area contributed by atoms with Crippen molar-refractivity contribution < 1.29 is 22.0 Å². The largest absolute Gasteiger partial charge is 0.416 e. The standard InChI is InChI=1S/C11H9BrF5N/c12-9-2-1-8(11(15,16)17)3-7(9)4-18-5-10(13,14)6-18/h1-3H,4-6H2. The van der Waals surface area contributed by atoms with Crippen LogP contribution in [0.1, 0.15) is 11.1 Å². The molecule has 18 heavy (non-hydrogen) atoms. The normalized spacial score (nSPS) is 19.7. The van der Waals surface area contributed by atoms with Crippen LogP contribution in [0.5, 0.6) is 0 Å². The molecule has 7 heteroatoms. The highest BCUT2D eigenvalue weighted by Gasteiger charge is 2.43. The van der Waals surface area contributed by atoms with Gasteiger partial charge in [0.1, 0.15) is 0 Å². The average molecular weight is 330 g/mol. The highest BCUT2D eigenvalue weighted by Crippen LogP contribution is 2.34. The molecule has 1 aliphatic heterocycles. The maximum absolute atomic E-state index is 12.6. The zero-order valence-corrected chi connectivity index (χ0v) is 10.7. The monoisotopic (exact) mass is 329 g/mol. The minimum absolute atomic E-state index is 0.0834. The van der Waals surface area contributed by atoms with E-state index >= 15 is 0 Å². The van der Waals surface area contributed by atoms with Crippen LogP contribution in [0.2, 0.25) is 0 Å². The van der Waals surface area contributed by atoms with Gasteiger partial charge in [0.05, 0.1) is 18.7 Å². The Kier molecular flexibility index (Phi) is 3.40. The molecular weight excluding hydrogens is 321 g/mol. The van der Waals surface area contributed by atoms with Crippen LogP contribution in [0, 0.1) is 0 Å². The molecule has 0 atom stereocenters. The fourth-order valence-corrected chi connectivity index (χ4v) is 2.20. The van der Waals surface area contributed by atoms with Gasteiger partial charge in [-0.2, -0.15) is 13.2 Å². The van der Waals surface area contributed by atoms with Gasteiger partial charge in [0.2, 0.25) is 0 Å². The summed E-state index contributed by atoms with van der Waals surface area (Å²) in [5, 5.41) is 0. The molecule has 1 aliphatic rings. The van der Waals surface area contributed by atoms with Crippen molar-refractivity contribution in [2.45, 2.75) is 18.6 Å². The summed E-state index contributed by atoms with van der Waals surface area (Å²) in [6, 6.07) is 3.23. The quantitative estimate of drug-likeness (QED) is 0.743. The van der Waals surface area contributed by atoms with Crippen molar-refractivity contribution in [1.82, 2.24) is 4.90 Å². The molecule has 0 spiro atoms. The zero-order chi connectivity index (χ0) is 13.6. The number of hydrogen-bond donors (Lipinski definition) is 0. The molecule has 1 fully saturated rings. The third kappa shape index (κ3) is 3.00. The number of hydrogen-bond acceptors (Lipinski definition) is 1. The molecule has 1 nitrogen and oxygen atoms in total. The van der Waals surface area contributed by atoms with Crippen molar-refractivity contribution in [3.63, 3.8) is 0 Å². The minimum Gasteiger partial charge on any atom is -0.287 e. The van der Waals surface area contributed by atoms with E-state index in [0.717, 1.165) is 12.1 Å². The van der Waals surface area contributed by atoms with Gasteiger partial charge in [-0.1, -0.05) is 15.9 Å². The fraction of sp³-hybridized carbons (Fsp3) is 0.455. The molecule has 2 rings (SSSR count). The topological polar surface area (TPSA) is 3.24 Å². The summed E-state index contributed by atoms with van der Waals surface area (Å²) in [6.07, 6.45) is -4.42. The molecule has 0 N–H and O–H groups in total. The van der Waals surface area contributed by atoms with Crippen molar-refractivity contribution in [1.29, 1.82) is 0 Å². The number of benzene rings is 1. The van der Waals surface area contributed by atoms with Gasteiger partial charge >= 0.3 is 6.18 Å². The number of alkyl halides is 5. The van der Waals surface area contributed by atoms with Crippen molar-refractivity contribution >= 4 is 15.9 Å². The first-order chi connectivity index (χ1) is 8.17. The van der Waals surface area contributed by atoms with E-state index in [0.29, 0.717) is 10.0 Å². The molecular formula is C11H9BrF5N. The maximum Gasteiger partial charge on any atom is 0.416 e. The van der Waals surface area contributed by atoms with Crippen LogP contribution >= 0.6 is 15.9 Å². The molecule has 1 saturated heterocycles. The molecule has 0 unspecified atom stereocenters. The van der Waals surface area contributed by atoms with Gasteiger partial charge in [-0.25, -0.2) is 8.78 Å². The van der Waals surface area contributed by atoms with Crippen LogP contribution in [0.15, 0.2) is 22.7 Å². The molecule has 0 aliphatic carbocycles. The Morgan fingerprint density at radius 3 is 2.33 bits per heavy atom. The lowest BCUT2D eigenvalue weighted by atomic mass is 10.1. The van der Waals surface area contributed by atoms with E-state index in [-0.39, 0.29) is 6.54 Å². The lowest BCUT2D eigenvalue weighted by molar-refractivity contribution is -0.139. The Balaban J connectivity index is 2.13. The first-order valence-corrected chi connectivity index (χ1v) is 5.92. The molecule has 0 amide bonds. The Labute approximate surface area is 109 Å². The van der Waals surface area contributed by atoms with Crippen LogP contribution in [-0.4, -0.2) is 23.9 Å². The van der Waals surface area contributed by atoms with Gasteiger partial charge in [0.15, 0.2) is 0 Å². The van der Waals surface area contributed by atoms with E-state index in [1.165, 1.54) is 11.0 Å². The smallest absolute Gasteiger partial charge is 0.287 e. The Morgan fingerprint density at radius 1 is 1.22 bits per heavy atom. The predicted molar refractivity (Wildman–Crippen MR) is 59.4 cm³/mol. The first kappa shape index (κ1) is 13.7. The summed E-state index contributed by atoms with van der Waals surface area (Å²) in [5.74, 6) is -2.71.